The molecule has 0 amide bonds. The van der Waals surface area contributed by atoms with Crippen LogP contribution in [0.3, 0.4) is 0 Å². The SMILES string of the molecule is Cc1nc(NC2CCCc3ccccc32)cc(-c2ccc(O)cc2)n1. The number of anilines is 1. The molecular formula is C21H21N3O. The van der Waals surface area contributed by atoms with Crippen LogP contribution in [0.1, 0.15) is 35.8 Å². The van der Waals surface area contributed by atoms with Crippen molar-refractivity contribution in [2.24, 2.45) is 0 Å². The van der Waals surface area contributed by atoms with Crippen molar-refractivity contribution >= 4 is 5.82 Å². The van der Waals surface area contributed by atoms with Crippen molar-refractivity contribution in [3.05, 3.63) is 71.5 Å². The Bertz CT molecular complexity index is 890. The third-order valence-corrected chi connectivity index (χ3v) is 4.69. The largest absolute Gasteiger partial charge is 0.508 e. The molecule has 1 heterocycles. The highest BCUT2D eigenvalue weighted by Gasteiger charge is 2.20. The van der Waals surface area contributed by atoms with Gasteiger partial charge in [-0.3, -0.25) is 0 Å². The molecule has 25 heavy (non-hydrogen) atoms. The lowest BCUT2D eigenvalue weighted by atomic mass is 9.88. The van der Waals surface area contributed by atoms with E-state index >= 15 is 0 Å². The van der Waals surface area contributed by atoms with Gasteiger partial charge in [-0.2, -0.15) is 0 Å². The van der Waals surface area contributed by atoms with Crippen LogP contribution in [-0.4, -0.2) is 15.1 Å². The minimum Gasteiger partial charge on any atom is -0.508 e. The van der Waals surface area contributed by atoms with Crippen LogP contribution in [0.5, 0.6) is 5.75 Å². The average molecular weight is 331 g/mol. The highest BCUT2D eigenvalue weighted by molar-refractivity contribution is 5.63. The van der Waals surface area contributed by atoms with Gasteiger partial charge in [-0.1, -0.05) is 24.3 Å². The molecule has 4 heteroatoms. The van der Waals surface area contributed by atoms with E-state index in [0.717, 1.165) is 35.7 Å². The van der Waals surface area contributed by atoms with Gasteiger partial charge in [-0.05, 0) is 61.6 Å². The van der Waals surface area contributed by atoms with Crippen molar-refractivity contribution in [2.45, 2.75) is 32.2 Å². The molecule has 0 aliphatic heterocycles. The first-order chi connectivity index (χ1) is 12.2. The fraction of sp³-hybridized carbons (Fsp3) is 0.238. The standard InChI is InChI=1S/C21H21N3O/c1-14-22-20(16-9-11-17(25)12-10-16)13-21(23-14)24-19-8-4-6-15-5-2-3-7-18(15)19/h2-3,5,7,9-13,19,25H,4,6,8H2,1H3,(H,22,23,24). The van der Waals surface area contributed by atoms with Crippen LogP contribution in [0.15, 0.2) is 54.6 Å². The lowest BCUT2D eigenvalue weighted by Crippen LogP contribution is -2.18. The van der Waals surface area contributed by atoms with Crippen LogP contribution in [0.4, 0.5) is 5.82 Å². The first-order valence-electron chi connectivity index (χ1n) is 8.68. The van der Waals surface area contributed by atoms with Gasteiger partial charge < -0.3 is 10.4 Å². The number of fused-ring (bicyclic) bond motifs is 1. The summed E-state index contributed by atoms with van der Waals surface area (Å²) in [6, 6.07) is 18.0. The molecule has 2 aromatic carbocycles. The topological polar surface area (TPSA) is 58.0 Å². The normalized spacial score (nSPS) is 16.3. The highest BCUT2D eigenvalue weighted by atomic mass is 16.3. The second-order valence-corrected chi connectivity index (χ2v) is 6.52. The van der Waals surface area contributed by atoms with Crippen molar-refractivity contribution in [3.63, 3.8) is 0 Å². The Kier molecular flexibility index (Phi) is 4.10. The van der Waals surface area contributed by atoms with Gasteiger partial charge in [0, 0.05) is 11.6 Å². The predicted molar refractivity (Wildman–Crippen MR) is 99.6 cm³/mol. The van der Waals surface area contributed by atoms with Crippen molar-refractivity contribution in [2.75, 3.05) is 5.32 Å². The molecule has 1 aliphatic carbocycles. The molecule has 1 aliphatic rings. The van der Waals surface area contributed by atoms with E-state index in [2.05, 4.69) is 39.6 Å². The molecule has 0 saturated heterocycles. The van der Waals surface area contributed by atoms with E-state index in [0.29, 0.717) is 0 Å². The fourth-order valence-corrected chi connectivity index (χ4v) is 3.50. The molecule has 126 valence electrons. The summed E-state index contributed by atoms with van der Waals surface area (Å²) in [4.78, 5) is 9.11. The summed E-state index contributed by atoms with van der Waals surface area (Å²) in [6.07, 6.45) is 3.44. The van der Waals surface area contributed by atoms with Gasteiger partial charge in [0.15, 0.2) is 0 Å². The molecule has 4 nitrogen and oxygen atoms in total. The van der Waals surface area contributed by atoms with E-state index in [-0.39, 0.29) is 11.8 Å². The molecule has 0 radical (unpaired) electrons. The second-order valence-electron chi connectivity index (χ2n) is 6.52. The first kappa shape index (κ1) is 15.6. The molecule has 3 aromatic rings. The van der Waals surface area contributed by atoms with Gasteiger partial charge in [0.2, 0.25) is 0 Å². The van der Waals surface area contributed by atoms with Crippen LogP contribution >= 0.6 is 0 Å². The minimum atomic E-state index is 0.256. The average Bonchev–Trinajstić information content (AvgIpc) is 2.62. The second kappa shape index (κ2) is 6.55. The Morgan fingerprint density at radius 1 is 1.04 bits per heavy atom. The number of aromatic hydroxyl groups is 1. The summed E-state index contributed by atoms with van der Waals surface area (Å²) in [7, 11) is 0. The van der Waals surface area contributed by atoms with Crippen LogP contribution < -0.4 is 5.32 Å². The molecule has 2 N–H and O–H groups in total. The van der Waals surface area contributed by atoms with Crippen LogP contribution in [-0.2, 0) is 6.42 Å². The maximum atomic E-state index is 9.48. The summed E-state index contributed by atoms with van der Waals surface area (Å²) in [5.41, 5.74) is 4.63. The molecule has 0 saturated carbocycles. The molecule has 1 unspecified atom stereocenters. The molecule has 4 rings (SSSR count). The van der Waals surface area contributed by atoms with Crippen LogP contribution in [0, 0.1) is 6.92 Å². The Hall–Kier alpha value is -2.88. The van der Waals surface area contributed by atoms with Gasteiger partial charge in [-0.25, -0.2) is 9.97 Å². The van der Waals surface area contributed by atoms with E-state index in [1.165, 1.54) is 17.5 Å². The third kappa shape index (κ3) is 3.33. The maximum absolute atomic E-state index is 9.48. The number of phenols is 1. The van der Waals surface area contributed by atoms with Crippen LogP contribution in [0.2, 0.25) is 0 Å². The summed E-state index contributed by atoms with van der Waals surface area (Å²) in [6.45, 7) is 1.91. The maximum Gasteiger partial charge on any atom is 0.130 e. The summed E-state index contributed by atoms with van der Waals surface area (Å²) in [5, 5.41) is 13.1. The van der Waals surface area contributed by atoms with Crippen molar-refractivity contribution in [3.8, 4) is 17.0 Å². The zero-order chi connectivity index (χ0) is 17.2. The van der Waals surface area contributed by atoms with Gasteiger partial charge in [0.05, 0.1) is 11.7 Å². The lowest BCUT2D eigenvalue weighted by molar-refractivity contribution is 0.475. The lowest BCUT2D eigenvalue weighted by Gasteiger charge is -2.27. The Balaban J connectivity index is 1.65. The molecular weight excluding hydrogens is 310 g/mol. The quantitative estimate of drug-likeness (QED) is 0.733. The Morgan fingerprint density at radius 2 is 1.84 bits per heavy atom. The predicted octanol–water partition coefficient (Wildman–Crippen LogP) is 4.65. The monoisotopic (exact) mass is 331 g/mol. The molecule has 0 spiro atoms. The summed E-state index contributed by atoms with van der Waals surface area (Å²) >= 11 is 0. The molecule has 1 aromatic heterocycles. The molecule has 0 fully saturated rings. The fourth-order valence-electron chi connectivity index (χ4n) is 3.50. The van der Waals surface area contributed by atoms with E-state index in [4.69, 9.17) is 0 Å². The number of rotatable bonds is 3. The zero-order valence-electron chi connectivity index (χ0n) is 14.2. The van der Waals surface area contributed by atoms with E-state index in [9.17, 15) is 5.11 Å². The Labute approximate surface area is 147 Å². The Morgan fingerprint density at radius 3 is 2.68 bits per heavy atom. The minimum absolute atomic E-state index is 0.256. The third-order valence-electron chi connectivity index (χ3n) is 4.69. The highest BCUT2D eigenvalue weighted by Crippen LogP contribution is 2.32. The number of nitrogens with one attached hydrogen (secondary N) is 1. The van der Waals surface area contributed by atoms with E-state index in [1.54, 1.807) is 12.1 Å². The summed E-state index contributed by atoms with van der Waals surface area (Å²) in [5.74, 6) is 1.83. The number of aromatic nitrogens is 2. The number of nitrogens with zero attached hydrogens (tertiary/aromatic N) is 2. The molecule has 0 bridgehead atoms. The smallest absolute Gasteiger partial charge is 0.130 e. The van der Waals surface area contributed by atoms with Crippen molar-refractivity contribution in [1.29, 1.82) is 0 Å². The van der Waals surface area contributed by atoms with Crippen molar-refractivity contribution in [1.82, 2.24) is 9.97 Å². The zero-order valence-corrected chi connectivity index (χ0v) is 14.2. The van der Waals surface area contributed by atoms with Gasteiger partial charge in [0.1, 0.15) is 17.4 Å². The van der Waals surface area contributed by atoms with Gasteiger partial charge >= 0.3 is 0 Å². The number of hydrogen-bond donors (Lipinski definition) is 2. The number of phenolic OH excluding ortho intramolecular Hbond substituents is 1. The number of aryl methyl sites for hydroxylation is 2. The van der Waals surface area contributed by atoms with E-state index < -0.39 is 0 Å². The van der Waals surface area contributed by atoms with Crippen molar-refractivity contribution < 1.29 is 5.11 Å². The van der Waals surface area contributed by atoms with Crippen LogP contribution in [0.25, 0.3) is 11.3 Å². The molecule has 1 atom stereocenters. The van der Waals surface area contributed by atoms with Gasteiger partial charge in [0.25, 0.3) is 0 Å². The summed E-state index contributed by atoms with van der Waals surface area (Å²) < 4.78 is 0. The number of hydrogen-bond acceptors (Lipinski definition) is 4. The first-order valence-corrected chi connectivity index (χ1v) is 8.68. The van der Waals surface area contributed by atoms with Gasteiger partial charge in [-0.15, -0.1) is 0 Å². The number of benzene rings is 2. The van der Waals surface area contributed by atoms with E-state index in [1.807, 2.05) is 25.1 Å².